The minimum Gasteiger partial charge on any atom is -0.368 e. The molecule has 1 aliphatic rings. The Morgan fingerprint density at radius 3 is 2.67 bits per heavy atom. The smallest absolute Gasteiger partial charge is 0.127 e. The molecule has 0 bridgehead atoms. The van der Waals surface area contributed by atoms with E-state index in [1.54, 1.807) is 25.2 Å². The van der Waals surface area contributed by atoms with E-state index in [9.17, 15) is 0 Å². The van der Waals surface area contributed by atoms with Gasteiger partial charge in [0.05, 0.1) is 0 Å². The van der Waals surface area contributed by atoms with Gasteiger partial charge >= 0.3 is 0 Å². The van der Waals surface area contributed by atoms with Crippen molar-refractivity contribution in [3.8, 4) is 0 Å². The second kappa shape index (κ2) is 5.11. The Morgan fingerprint density at radius 1 is 1.19 bits per heavy atom. The van der Waals surface area contributed by atoms with E-state index in [0.29, 0.717) is 0 Å². The zero-order valence-electron chi connectivity index (χ0n) is 12.9. The van der Waals surface area contributed by atoms with Crippen LogP contribution in [0.5, 0.6) is 0 Å². The summed E-state index contributed by atoms with van der Waals surface area (Å²) in [5, 5.41) is 0.983. The van der Waals surface area contributed by atoms with Gasteiger partial charge in [0.25, 0.3) is 0 Å². The number of hydrogen-bond acceptors (Lipinski definition) is 4. The molecule has 1 atom stereocenters. The van der Waals surface area contributed by atoms with Crippen LogP contribution in [0.3, 0.4) is 0 Å². The number of thioether (sulfide) groups is 1. The first-order valence-electron chi connectivity index (χ1n) is 7.05. The van der Waals surface area contributed by atoms with Crippen molar-refractivity contribution in [3.05, 3.63) is 53.5 Å². The van der Waals surface area contributed by atoms with Gasteiger partial charge in [-0.1, -0.05) is 38.1 Å². The fourth-order valence-corrected chi connectivity index (χ4v) is 4.28. The number of rotatable bonds is 3. The van der Waals surface area contributed by atoms with Crippen molar-refractivity contribution in [2.45, 2.75) is 30.9 Å². The molecule has 0 saturated heterocycles. The molecular formula is C17H20N2OS. The molecule has 1 aromatic carbocycles. The molecule has 0 aliphatic heterocycles. The van der Waals surface area contributed by atoms with E-state index in [1.807, 2.05) is 12.5 Å². The highest BCUT2D eigenvalue weighted by molar-refractivity contribution is 7.98. The Hall–Kier alpha value is -1.39. The third-order valence-electron chi connectivity index (χ3n) is 4.54. The largest absolute Gasteiger partial charge is 0.368 e. The fraction of sp³-hybridized carbons (Fsp3) is 0.412. The third-order valence-corrected chi connectivity index (χ3v) is 5.25. The van der Waals surface area contributed by atoms with Gasteiger partial charge in [-0.05, 0) is 23.8 Å². The van der Waals surface area contributed by atoms with Gasteiger partial charge < -0.3 is 4.74 Å². The van der Waals surface area contributed by atoms with Crippen molar-refractivity contribution in [1.29, 1.82) is 0 Å². The van der Waals surface area contributed by atoms with Crippen LogP contribution in [0.2, 0.25) is 0 Å². The van der Waals surface area contributed by atoms with Gasteiger partial charge in [-0.25, -0.2) is 9.97 Å². The molecule has 0 saturated carbocycles. The van der Waals surface area contributed by atoms with Crippen LogP contribution in [-0.4, -0.2) is 23.3 Å². The predicted molar refractivity (Wildman–Crippen MR) is 85.5 cm³/mol. The van der Waals surface area contributed by atoms with Crippen molar-refractivity contribution >= 4 is 11.8 Å². The van der Waals surface area contributed by atoms with Crippen LogP contribution in [-0.2, 0) is 16.8 Å². The normalized spacial score (nSPS) is 23.0. The lowest BCUT2D eigenvalue weighted by Crippen LogP contribution is -2.42. The highest BCUT2D eigenvalue weighted by Crippen LogP contribution is 2.56. The Bertz CT molecular complexity index is 671. The summed E-state index contributed by atoms with van der Waals surface area (Å²) in [5.41, 5.74) is 3.10. The lowest BCUT2D eigenvalue weighted by molar-refractivity contribution is -0.0626. The lowest BCUT2D eigenvalue weighted by atomic mass is 9.72. The van der Waals surface area contributed by atoms with Gasteiger partial charge in [0, 0.05) is 24.3 Å². The zero-order valence-corrected chi connectivity index (χ0v) is 13.7. The minimum absolute atomic E-state index is 0.0549. The molecule has 1 aliphatic carbocycles. The summed E-state index contributed by atoms with van der Waals surface area (Å²) in [4.78, 5) is 8.71. The van der Waals surface area contributed by atoms with Crippen molar-refractivity contribution in [2.75, 3.05) is 13.4 Å². The lowest BCUT2D eigenvalue weighted by Gasteiger charge is -2.41. The molecule has 0 spiro atoms. The molecule has 0 N–H and O–H groups in total. The Labute approximate surface area is 130 Å². The molecule has 1 heterocycles. The maximum absolute atomic E-state index is 6.18. The predicted octanol–water partition coefficient (Wildman–Crippen LogP) is 3.67. The van der Waals surface area contributed by atoms with Gasteiger partial charge in [0.15, 0.2) is 0 Å². The molecule has 4 heteroatoms. The van der Waals surface area contributed by atoms with Crippen LogP contribution in [0.4, 0.5) is 0 Å². The molecular weight excluding hydrogens is 280 g/mol. The van der Waals surface area contributed by atoms with Crippen LogP contribution in [0.15, 0.2) is 41.8 Å². The highest BCUT2D eigenvalue weighted by Gasteiger charge is 2.55. The van der Waals surface area contributed by atoms with Gasteiger partial charge in [-0.3, -0.25) is 0 Å². The van der Waals surface area contributed by atoms with E-state index in [4.69, 9.17) is 4.74 Å². The van der Waals surface area contributed by atoms with Crippen molar-refractivity contribution < 1.29 is 4.74 Å². The van der Waals surface area contributed by atoms with Crippen molar-refractivity contribution in [2.24, 2.45) is 5.41 Å². The van der Waals surface area contributed by atoms with Crippen LogP contribution >= 0.6 is 11.8 Å². The maximum atomic E-state index is 6.18. The molecule has 21 heavy (non-hydrogen) atoms. The number of benzene rings is 1. The van der Waals surface area contributed by atoms with Crippen LogP contribution in [0.25, 0.3) is 0 Å². The molecule has 1 aromatic heterocycles. The quantitative estimate of drug-likeness (QED) is 0.640. The number of ether oxygens (including phenoxy) is 1. The third kappa shape index (κ3) is 1.93. The zero-order chi connectivity index (χ0) is 15.1. The maximum Gasteiger partial charge on any atom is 0.127 e. The number of aromatic nitrogens is 2. The van der Waals surface area contributed by atoms with E-state index < -0.39 is 5.60 Å². The first-order valence-corrected chi connectivity index (χ1v) is 8.27. The molecule has 1 unspecified atom stereocenters. The van der Waals surface area contributed by atoms with E-state index in [2.05, 4.69) is 48.1 Å². The monoisotopic (exact) mass is 300 g/mol. The van der Waals surface area contributed by atoms with E-state index in [0.717, 1.165) is 17.0 Å². The Kier molecular flexibility index (Phi) is 3.54. The molecule has 3 nitrogen and oxygen atoms in total. The minimum atomic E-state index is -0.497. The van der Waals surface area contributed by atoms with Crippen LogP contribution < -0.4 is 0 Å². The summed E-state index contributed by atoms with van der Waals surface area (Å²) in [6.07, 6.45) is 6.54. The molecule has 3 rings (SSSR count). The van der Waals surface area contributed by atoms with Gasteiger partial charge in [-0.15, -0.1) is 11.8 Å². The summed E-state index contributed by atoms with van der Waals surface area (Å²) in [7, 11) is 1.79. The second-order valence-corrected chi connectivity index (χ2v) is 6.84. The van der Waals surface area contributed by atoms with Crippen molar-refractivity contribution in [3.63, 3.8) is 0 Å². The van der Waals surface area contributed by atoms with Gasteiger partial charge in [-0.2, -0.15) is 0 Å². The summed E-state index contributed by atoms with van der Waals surface area (Å²) in [6, 6.07) is 8.54. The van der Waals surface area contributed by atoms with Crippen molar-refractivity contribution in [1.82, 2.24) is 9.97 Å². The van der Waals surface area contributed by atoms with E-state index in [1.165, 1.54) is 11.1 Å². The summed E-state index contributed by atoms with van der Waals surface area (Å²) in [6.45, 7) is 4.52. The summed E-state index contributed by atoms with van der Waals surface area (Å²) in [5.74, 6) is 0. The molecule has 0 amide bonds. The SMILES string of the molecule is COC1(c2cncnc2SC)c2ccccc2CC1(C)C. The van der Waals surface area contributed by atoms with Gasteiger partial charge in [0.2, 0.25) is 0 Å². The molecule has 0 fully saturated rings. The Balaban J connectivity index is 2.33. The first kappa shape index (κ1) is 14.5. The topological polar surface area (TPSA) is 35.0 Å². The highest BCUT2D eigenvalue weighted by atomic mass is 32.2. The summed E-state index contributed by atoms with van der Waals surface area (Å²) < 4.78 is 6.18. The second-order valence-electron chi connectivity index (χ2n) is 6.05. The number of methoxy groups -OCH3 is 1. The average Bonchev–Trinajstić information content (AvgIpc) is 2.73. The van der Waals surface area contributed by atoms with Crippen LogP contribution in [0, 0.1) is 5.41 Å². The number of hydrogen-bond donors (Lipinski definition) is 0. The fourth-order valence-electron chi connectivity index (χ4n) is 3.71. The van der Waals surface area contributed by atoms with Gasteiger partial charge in [0.1, 0.15) is 17.0 Å². The average molecular weight is 300 g/mol. The van der Waals surface area contributed by atoms with Crippen LogP contribution in [0.1, 0.15) is 30.5 Å². The standard InChI is InChI=1S/C17H20N2OS/c1-16(2)9-12-7-5-6-8-13(12)17(16,20-3)14-10-18-11-19-15(14)21-4/h5-8,10-11H,9H2,1-4H3. The van der Waals surface area contributed by atoms with E-state index in [-0.39, 0.29) is 5.41 Å². The number of nitrogens with zero attached hydrogens (tertiary/aromatic N) is 2. The Morgan fingerprint density at radius 2 is 1.95 bits per heavy atom. The molecule has 0 radical (unpaired) electrons. The summed E-state index contributed by atoms with van der Waals surface area (Å²) >= 11 is 1.64. The van der Waals surface area contributed by atoms with E-state index >= 15 is 0 Å². The first-order chi connectivity index (χ1) is 10.1. The number of fused-ring (bicyclic) bond motifs is 1. The molecule has 2 aromatic rings. The molecule has 110 valence electrons.